The molecular weight excluding hydrogens is 478 g/mol. The minimum absolute atomic E-state index is 0.0581. The van der Waals surface area contributed by atoms with E-state index in [0.29, 0.717) is 33.5 Å². The van der Waals surface area contributed by atoms with E-state index in [1.165, 1.54) is 38.5 Å². The average molecular weight is 502 g/mol. The number of hydrogen-bond acceptors (Lipinski definition) is 6. The standard InChI is InChI=1S/C24H24ClN3O5S/c1-17(18-9-14-22(32-2)23(15-18)33-3)26-27-24(29)16-28(20-12-10-19(25)11-13-20)34(30,31)21-7-5-4-6-8-21/h4-15H,16H2,1-3H3,(H,27,29)/b26-17+. The highest BCUT2D eigenvalue weighted by Gasteiger charge is 2.27. The first-order valence-corrected chi connectivity index (χ1v) is 12.0. The summed E-state index contributed by atoms with van der Waals surface area (Å²) in [5.74, 6) is 0.464. The maximum Gasteiger partial charge on any atom is 0.264 e. The number of hydrogen-bond donors (Lipinski definition) is 1. The topological polar surface area (TPSA) is 97.3 Å². The second kappa shape index (κ2) is 11.0. The molecule has 0 aliphatic rings. The van der Waals surface area contributed by atoms with Crippen LogP contribution >= 0.6 is 11.6 Å². The molecule has 0 aliphatic carbocycles. The van der Waals surface area contributed by atoms with Crippen molar-refractivity contribution in [1.82, 2.24) is 5.43 Å². The molecule has 0 spiro atoms. The van der Waals surface area contributed by atoms with Gasteiger partial charge in [0.2, 0.25) is 0 Å². The highest BCUT2D eigenvalue weighted by molar-refractivity contribution is 7.92. The maximum atomic E-state index is 13.3. The molecule has 0 unspecified atom stereocenters. The number of anilines is 1. The lowest BCUT2D eigenvalue weighted by Gasteiger charge is -2.23. The van der Waals surface area contributed by atoms with Gasteiger partial charge in [-0.2, -0.15) is 5.10 Å². The second-order valence-electron chi connectivity index (χ2n) is 7.10. The number of halogens is 1. The molecule has 1 N–H and O–H groups in total. The summed E-state index contributed by atoms with van der Waals surface area (Å²) >= 11 is 5.95. The summed E-state index contributed by atoms with van der Waals surface area (Å²) in [4.78, 5) is 12.8. The Bertz CT molecular complexity index is 1280. The zero-order chi connectivity index (χ0) is 24.7. The Labute approximate surface area is 203 Å². The number of rotatable bonds is 9. The smallest absolute Gasteiger partial charge is 0.264 e. The molecule has 0 saturated heterocycles. The van der Waals surface area contributed by atoms with Crippen LogP contribution in [0.15, 0.2) is 82.8 Å². The minimum atomic E-state index is -4.02. The van der Waals surface area contributed by atoms with Crippen molar-refractivity contribution < 1.29 is 22.7 Å². The average Bonchev–Trinajstić information content (AvgIpc) is 2.86. The van der Waals surface area contributed by atoms with Crippen LogP contribution in [-0.2, 0) is 14.8 Å². The SMILES string of the molecule is COc1ccc(/C(C)=N/NC(=O)CN(c2ccc(Cl)cc2)S(=O)(=O)c2ccccc2)cc1OC. The number of nitrogens with zero attached hydrogens (tertiary/aromatic N) is 2. The monoisotopic (exact) mass is 501 g/mol. The van der Waals surface area contributed by atoms with Gasteiger partial charge in [-0.25, -0.2) is 13.8 Å². The zero-order valence-corrected chi connectivity index (χ0v) is 20.4. The van der Waals surface area contributed by atoms with Gasteiger partial charge in [0.05, 0.1) is 30.5 Å². The Morgan fingerprint density at radius 3 is 2.24 bits per heavy atom. The van der Waals surface area contributed by atoms with Crippen LogP contribution in [0.4, 0.5) is 5.69 Å². The van der Waals surface area contributed by atoms with Gasteiger partial charge in [0, 0.05) is 10.6 Å². The van der Waals surface area contributed by atoms with E-state index in [0.717, 1.165) is 4.31 Å². The van der Waals surface area contributed by atoms with Crippen molar-refractivity contribution in [2.24, 2.45) is 5.10 Å². The summed E-state index contributed by atoms with van der Waals surface area (Å²) in [7, 11) is -0.960. The molecule has 0 aliphatic heterocycles. The first kappa shape index (κ1) is 25.1. The Hall–Kier alpha value is -3.56. The molecule has 3 aromatic rings. The third-order valence-electron chi connectivity index (χ3n) is 4.88. The van der Waals surface area contributed by atoms with Crippen molar-refractivity contribution in [3.8, 4) is 11.5 Å². The van der Waals surface area contributed by atoms with Crippen molar-refractivity contribution >= 4 is 38.9 Å². The van der Waals surface area contributed by atoms with Gasteiger partial charge in [0.15, 0.2) is 11.5 Å². The molecule has 0 radical (unpaired) electrons. The van der Waals surface area contributed by atoms with Crippen LogP contribution in [0.25, 0.3) is 0 Å². The highest BCUT2D eigenvalue weighted by atomic mass is 35.5. The summed E-state index contributed by atoms with van der Waals surface area (Å²) in [6.07, 6.45) is 0. The molecule has 3 aromatic carbocycles. The molecule has 0 atom stereocenters. The number of methoxy groups -OCH3 is 2. The molecule has 0 fully saturated rings. The molecule has 0 aromatic heterocycles. The number of carbonyl (C=O) groups is 1. The third-order valence-corrected chi connectivity index (χ3v) is 6.92. The quantitative estimate of drug-likeness (QED) is 0.352. The number of sulfonamides is 1. The van der Waals surface area contributed by atoms with Gasteiger partial charge in [-0.1, -0.05) is 29.8 Å². The molecule has 0 saturated carbocycles. The number of carbonyl (C=O) groups excluding carboxylic acids is 1. The largest absolute Gasteiger partial charge is 0.493 e. The highest BCUT2D eigenvalue weighted by Crippen LogP contribution is 2.28. The molecule has 34 heavy (non-hydrogen) atoms. The van der Waals surface area contributed by atoms with E-state index < -0.39 is 22.5 Å². The molecule has 3 rings (SSSR count). The van der Waals surface area contributed by atoms with E-state index >= 15 is 0 Å². The summed E-state index contributed by atoms with van der Waals surface area (Å²) < 4.78 is 38.1. The van der Waals surface area contributed by atoms with Gasteiger partial charge in [0.1, 0.15) is 6.54 Å². The van der Waals surface area contributed by atoms with Crippen LogP contribution in [-0.4, -0.2) is 40.8 Å². The predicted octanol–water partition coefficient (Wildman–Crippen LogP) is 4.09. The lowest BCUT2D eigenvalue weighted by Crippen LogP contribution is -2.39. The van der Waals surface area contributed by atoms with Gasteiger partial charge in [-0.3, -0.25) is 9.10 Å². The molecule has 0 bridgehead atoms. The zero-order valence-electron chi connectivity index (χ0n) is 18.9. The molecule has 0 heterocycles. The van der Waals surface area contributed by atoms with Crippen LogP contribution in [0, 0.1) is 0 Å². The van der Waals surface area contributed by atoms with E-state index in [2.05, 4.69) is 10.5 Å². The lowest BCUT2D eigenvalue weighted by atomic mass is 10.1. The molecular formula is C24H24ClN3O5S. The first-order valence-electron chi connectivity index (χ1n) is 10.1. The first-order chi connectivity index (χ1) is 16.3. The van der Waals surface area contributed by atoms with Crippen molar-refractivity contribution in [3.05, 3.63) is 83.4 Å². The fourth-order valence-corrected chi connectivity index (χ4v) is 4.65. The van der Waals surface area contributed by atoms with Gasteiger partial charge < -0.3 is 9.47 Å². The number of hydrazone groups is 1. The Morgan fingerprint density at radius 2 is 1.62 bits per heavy atom. The molecule has 10 heteroatoms. The number of ether oxygens (including phenoxy) is 2. The Morgan fingerprint density at radius 1 is 0.971 bits per heavy atom. The molecule has 178 valence electrons. The van der Waals surface area contributed by atoms with Gasteiger partial charge in [-0.15, -0.1) is 0 Å². The van der Waals surface area contributed by atoms with E-state index in [9.17, 15) is 13.2 Å². The third kappa shape index (κ3) is 5.86. The van der Waals surface area contributed by atoms with Crippen LogP contribution < -0.4 is 19.2 Å². The summed E-state index contributed by atoms with van der Waals surface area (Å²) in [6, 6.07) is 19.3. The molecule has 1 amide bonds. The van der Waals surface area contributed by atoms with Gasteiger partial charge >= 0.3 is 0 Å². The van der Waals surface area contributed by atoms with E-state index in [-0.39, 0.29) is 4.90 Å². The fourth-order valence-electron chi connectivity index (χ4n) is 3.08. The Kier molecular flexibility index (Phi) is 8.14. The number of amides is 1. The van der Waals surface area contributed by atoms with Crippen molar-refractivity contribution in [3.63, 3.8) is 0 Å². The maximum absolute atomic E-state index is 13.3. The van der Waals surface area contributed by atoms with Crippen LogP contribution in [0.2, 0.25) is 5.02 Å². The number of nitrogens with one attached hydrogen (secondary N) is 1. The fraction of sp³-hybridized carbons (Fsp3) is 0.167. The van der Waals surface area contributed by atoms with Crippen molar-refractivity contribution in [2.45, 2.75) is 11.8 Å². The van der Waals surface area contributed by atoms with Crippen molar-refractivity contribution in [1.29, 1.82) is 0 Å². The minimum Gasteiger partial charge on any atom is -0.493 e. The number of benzene rings is 3. The van der Waals surface area contributed by atoms with E-state index in [4.69, 9.17) is 21.1 Å². The second-order valence-corrected chi connectivity index (χ2v) is 9.40. The van der Waals surface area contributed by atoms with Gasteiger partial charge in [-0.05, 0) is 61.5 Å². The normalized spacial score (nSPS) is 11.6. The van der Waals surface area contributed by atoms with E-state index in [1.807, 2.05) is 0 Å². The van der Waals surface area contributed by atoms with E-state index in [1.54, 1.807) is 55.5 Å². The van der Waals surface area contributed by atoms with Crippen LogP contribution in [0.1, 0.15) is 12.5 Å². The summed E-state index contributed by atoms with van der Waals surface area (Å²) in [5, 5.41) is 4.56. The lowest BCUT2D eigenvalue weighted by molar-refractivity contribution is -0.119. The Balaban J connectivity index is 1.84. The molecule has 8 nitrogen and oxygen atoms in total. The summed E-state index contributed by atoms with van der Waals surface area (Å²) in [5.41, 5.74) is 3.92. The predicted molar refractivity (Wildman–Crippen MR) is 132 cm³/mol. The van der Waals surface area contributed by atoms with Crippen molar-refractivity contribution in [2.75, 3.05) is 25.1 Å². The van der Waals surface area contributed by atoms with Gasteiger partial charge in [0.25, 0.3) is 15.9 Å². The summed E-state index contributed by atoms with van der Waals surface area (Å²) in [6.45, 7) is 1.22. The van der Waals surface area contributed by atoms with Crippen LogP contribution in [0.3, 0.4) is 0 Å². The van der Waals surface area contributed by atoms with Crippen LogP contribution in [0.5, 0.6) is 11.5 Å².